The quantitative estimate of drug-likeness (QED) is 0.462. The Bertz CT molecular complexity index is 246. The molecular weight excluding hydrogens is 194 g/mol. The first-order valence-electron chi connectivity index (χ1n) is 5.75. The third kappa shape index (κ3) is 6.02. The van der Waals surface area contributed by atoms with Crippen molar-refractivity contribution in [1.82, 2.24) is 0 Å². The Hall–Kier alpha value is 0.142. The van der Waals surface area contributed by atoms with Gasteiger partial charge in [-0.2, -0.15) is 0 Å². The first-order chi connectivity index (χ1) is 7.03. The summed E-state index contributed by atoms with van der Waals surface area (Å²) in [5.41, 5.74) is 0.0504. The Kier molecular flexibility index (Phi) is 7.53. The molecule has 1 heterocycles. The number of rotatable bonds is 3. The molecule has 1 saturated heterocycles. The van der Waals surface area contributed by atoms with E-state index in [0.29, 0.717) is 5.82 Å². The van der Waals surface area contributed by atoms with Crippen LogP contribution in [0.3, 0.4) is 0 Å². The van der Waals surface area contributed by atoms with Gasteiger partial charge >= 0.3 is 25.8 Å². The van der Waals surface area contributed by atoms with Crippen molar-refractivity contribution in [3.05, 3.63) is 0 Å². The molecule has 1 rings (SSSR count). The summed E-state index contributed by atoms with van der Waals surface area (Å²) in [7, 11) is 0. The van der Waals surface area contributed by atoms with Crippen molar-refractivity contribution in [1.29, 1.82) is 0 Å². The van der Waals surface area contributed by atoms with Crippen molar-refractivity contribution in [2.45, 2.75) is 39.9 Å². The van der Waals surface area contributed by atoms with Crippen LogP contribution in [0.1, 0.15) is 34.1 Å². The number of hydrogen-bond donors (Lipinski definition) is 0. The maximum Gasteiger partial charge on any atom is 1.00 e. The van der Waals surface area contributed by atoms with E-state index >= 15 is 0 Å². The third-order valence-corrected chi connectivity index (χ3v) is 2.33. The van der Waals surface area contributed by atoms with Crippen LogP contribution in [0.2, 0.25) is 5.82 Å². The van der Waals surface area contributed by atoms with Crippen LogP contribution in [-0.2, 0) is 9.39 Å². The molecule has 1 atom stereocenters. The average Bonchev–Trinajstić information content (AvgIpc) is 2.63. The van der Waals surface area contributed by atoms with E-state index in [1.165, 1.54) is 0 Å². The van der Waals surface area contributed by atoms with E-state index in [4.69, 9.17) is 9.39 Å². The molecule has 0 saturated carbocycles. The molecule has 0 amide bonds. The third-order valence-electron chi connectivity index (χ3n) is 2.33. The second-order valence-corrected chi connectivity index (χ2v) is 5.02. The van der Waals surface area contributed by atoms with Gasteiger partial charge in [-0.15, -0.1) is 11.7 Å². The molecular formula is C12H21BLiO2+. The van der Waals surface area contributed by atoms with Crippen LogP contribution < -0.4 is 18.9 Å². The first-order valence-corrected chi connectivity index (χ1v) is 5.75. The Balaban J connectivity index is 0.00000225. The molecule has 1 aliphatic heterocycles. The zero-order valence-corrected chi connectivity index (χ0v) is 11.3. The number of ether oxygens (including phenoxy) is 1. The normalized spacial score (nSPS) is 19.6. The molecule has 16 heavy (non-hydrogen) atoms. The Morgan fingerprint density at radius 2 is 2.12 bits per heavy atom. The summed E-state index contributed by atoms with van der Waals surface area (Å²) < 4.78 is 11.0. The Morgan fingerprint density at radius 3 is 2.56 bits per heavy atom. The fraction of sp³-hybridized carbons (Fsp3) is 0.833. The van der Waals surface area contributed by atoms with Gasteiger partial charge in [0.15, 0.2) is 0 Å². The molecule has 0 aromatic rings. The average molecular weight is 215 g/mol. The molecule has 1 aliphatic rings. The molecule has 2 nitrogen and oxygen atoms in total. The number of hydrogen-bond acceptors (Lipinski definition) is 2. The molecule has 0 aromatic carbocycles. The van der Waals surface area contributed by atoms with Crippen LogP contribution in [-0.4, -0.2) is 26.7 Å². The smallest absolute Gasteiger partial charge is 0.424 e. The molecule has 0 aliphatic carbocycles. The minimum atomic E-state index is 0. The van der Waals surface area contributed by atoms with Gasteiger partial charge in [0.1, 0.15) is 0 Å². The van der Waals surface area contributed by atoms with Crippen molar-refractivity contribution in [2.24, 2.45) is 5.41 Å². The zero-order valence-electron chi connectivity index (χ0n) is 11.3. The second kappa shape index (κ2) is 7.46. The Morgan fingerprint density at radius 1 is 1.44 bits per heavy atom. The first kappa shape index (κ1) is 16.1. The van der Waals surface area contributed by atoms with Crippen molar-refractivity contribution in [2.75, 3.05) is 19.8 Å². The standard InChI is InChI=1S/C12H21BO2.Li/c1-5-15-13(8-7-12(2,3)4)11-6-9-14-10-11;/h11H,5-6,9-10H2,1-4H3;/q;+1. The van der Waals surface area contributed by atoms with Crippen LogP contribution in [0.4, 0.5) is 0 Å². The minimum absolute atomic E-state index is 0. The van der Waals surface area contributed by atoms with Gasteiger partial charge in [-0.05, 0) is 34.1 Å². The summed E-state index contributed by atoms with van der Waals surface area (Å²) >= 11 is 0. The van der Waals surface area contributed by atoms with Crippen molar-refractivity contribution in [3.63, 3.8) is 0 Å². The van der Waals surface area contributed by atoms with E-state index in [9.17, 15) is 0 Å². The fourth-order valence-electron chi connectivity index (χ4n) is 1.55. The molecule has 0 bridgehead atoms. The van der Waals surface area contributed by atoms with E-state index in [0.717, 1.165) is 26.2 Å². The van der Waals surface area contributed by atoms with Gasteiger partial charge in [0.05, 0.1) is 0 Å². The van der Waals surface area contributed by atoms with Gasteiger partial charge in [-0.3, -0.25) is 0 Å². The molecule has 1 unspecified atom stereocenters. The van der Waals surface area contributed by atoms with Crippen LogP contribution in [0.25, 0.3) is 0 Å². The molecule has 0 spiro atoms. The monoisotopic (exact) mass is 215 g/mol. The fourth-order valence-corrected chi connectivity index (χ4v) is 1.55. The van der Waals surface area contributed by atoms with Crippen molar-refractivity contribution in [3.8, 4) is 11.7 Å². The molecule has 4 heteroatoms. The molecule has 1 fully saturated rings. The van der Waals surface area contributed by atoms with E-state index in [2.05, 4.69) is 32.5 Å². The van der Waals surface area contributed by atoms with Crippen molar-refractivity contribution >= 4 is 6.92 Å². The van der Waals surface area contributed by atoms with E-state index < -0.39 is 0 Å². The van der Waals surface area contributed by atoms with Crippen LogP contribution in [0.15, 0.2) is 0 Å². The topological polar surface area (TPSA) is 18.5 Å². The van der Waals surface area contributed by atoms with Gasteiger partial charge < -0.3 is 9.39 Å². The largest absolute Gasteiger partial charge is 1.00 e. The van der Waals surface area contributed by atoms with Crippen LogP contribution in [0.5, 0.6) is 0 Å². The van der Waals surface area contributed by atoms with E-state index in [1.54, 1.807) is 0 Å². The SMILES string of the molecule is CCOB(C#CC(C)(C)C)C1CCOC1.[Li+]. The zero-order chi connectivity index (χ0) is 11.3. The second-order valence-electron chi connectivity index (χ2n) is 5.02. The summed E-state index contributed by atoms with van der Waals surface area (Å²) in [4.78, 5) is 0. The molecule has 84 valence electrons. The maximum atomic E-state index is 5.67. The van der Waals surface area contributed by atoms with Gasteiger partial charge in [0.25, 0.3) is 0 Å². The van der Waals surface area contributed by atoms with E-state index in [-0.39, 0.29) is 31.2 Å². The predicted octanol–water partition coefficient (Wildman–Crippen LogP) is -0.602. The summed E-state index contributed by atoms with van der Waals surface area (Å²) in [5.74, 6) is 6.96. The summed E-state index contributed by atoms with van der Waals surface area (Å²) in [6.07, 6.45) is 1.07. The maximum absolute atomic E-state index is 5.67. The van der Waals surface area contributed by atoms with Crippen LogP contribution in [0, 0.1) is 17.2 Å². The Labute approximate surface area is 112 Å². The molecule has 0 aromatic heterocycles. The molecule has 0 N–H and O–H groups in total. The van der Waals surface area contributed by atoms with Gasteiger partial charge in [-0.25, -0.2) is 0 Å². The minimum Gasteiger partial charge on any atom is -0.424 e. The summed E-state index contributed by atoms with van der Waals surface area (Å²) in [6.45, 7) is 10.8. The van der Waals surface area contributed by atoms with E-state index in [1.807, 2.05) is 6.92 Å². The van der Waals surface area contributed by atoms with Gasteiger partial charge in [0.2, 0.25) is 0 Å². The molecule has 0 radical (unpaired) electrons. The summed E-state index contributed by atoms with van der Waals surface area (Å²) in [5, 5.41) is 0. The van der Waals surface area contributed by atoms with Crippen LogP contribution >= 0.6 is 0 Å². The van der Waals surface area contributed by atoms with Gasteiger partial charge in [0, 0.05) is 31.1 Å². The summed E-state index contributed by atoms with van der Waals surface area (Å²) in [6, 6.07) is 0. The van der Waals surface area contributed by atoms with Gasteiger partial charge in [-0.1, -0.05) is 0 Å². The predicted molar refractivity (Wildman–Crippen MR) is 63.8 cm³/mol. The van der Waals surface area contributed by atoms with Crippen molar-refractivity contribution < 1.29 is 28.3 Å².